The van der Waals surface area contributed by atoms with Crippen LogP contribution in [0.2, 0.25) is 0 Å². The number of rotatable bonds is 8. The fourth-order valence-electron chi connectivity index (χ4n) is 5.59. The predicted molar refractivity (Wildman–Crippen MR) is 157 cm³/mol. The second-order valence-corrected chi connectivity index (χ2v) is 10.9. The van der Waals surface area contributed by atoms with E-state index in [1.165, 1.54) is 24.3 Å². The van der Waals surface area contributed by atoms with Crippen LogP contribution >= 0.6 is 0 Å². The average Bonchev–Trinajstić information content (AvgIpc) is 2.93. The number of alkyl halides is 3. The molecule has 228 valence electrons. The fraction of sp³-hybridized carbons (Fsp3) is 0.344. The maximum Gasteiger partial charge on any atom is 0.573 e. The van der Waals surface area contributed by atoms with Crippen LogP contribution in [0.25, 0.3) is 11.1 Å². The largest absolute Gasteiger partial charge is 0.573 e. The van der Waals surface area contributed by atoms with E-state index in [4.69, 9.17) is 0 Å². The summed E-state index contributed by atoms with van der Waals surface area (Å²) in [6, 6.07) is 11.8. The van der Waals surface area contributed by atoms with Gasteiger partial charge in [-0.3, -0.25) is 4.79 Å². The van der Waals surface area contributed by atoms with Crippen LogP contribution < -0.4 is 20.7 Å². The molecular formula is C32H34F3N3O5. The maximum atomic E-state index is 13.5. The van der Waals surface area contributed by atoms with Gasteiger partial charge in [-0.2, -0.15) is 0 Å². The van der Waals surface area contributed by atoms with Crippen molar-refractivity contribution in [1.82, 2.24) is 5.32 Å². The second-order valence-electron chi connectivity index (χ2n) is 10.9. The number of anilines is 2. The lowest BCUT2D eigenvalue weighted by molar-refractivity contribution is -0.274. The highest BCUT2D eigenvalue weighted by molar-refractivity contribution is 6.08. The van der Waals surface area contributed by atoms with Gasteiger partial charge < -0.3 is 25.8 Å². The minimum absolute atomic E-state index is 0.0373. The second kappa shape index (κ2) is 13.2. The van der Waals surface area contributed by atoms with E-state index in [2.05, 4.69) is 20.7 Å². The van der Waals surface area contributed by atoms with Crippen LogP contribution in [0.1, 0.15) is 59.2 Å². The summed E-state index contributed by atoms with van der Waals surface area (Å²) in [5.41, 5.74) is 4.46. The minimum Gasteiger partial charge on any atom is -0.480 e. The van der Waals surface area contributed by atoms with E-state index >= 15 is 0 Å². The molecule has 8 nitrogen and oxygen atoms in total. The van der Waals surface area contributed by atoms with Crippen molar-refractivity contribution < 1.29 is 37.4 Å². The Morgan fingerprint density at radius 3 is 2.05 bits per heavy atom. The summed E-state index contributed by atoms with van der Waals surface area (Å²) in [6.45, 7) is 5.66. The van der Waals surface area contributed by atoms with E-state index in [-0.39, 0.29) is 17.2 Å². The third kappa shape index (κ3) is 8.27. The summed E-state index contributed by atoms with van der Waals surface area (Å²) < 4.78 is 41.7. The number of hydrogen-bond acceptors (Lipinski definition) is 4. The van der Waals surface area contributed by atoms with Gasteiger partial charge in [-0.15, -0.1) is 13.2 Å². The Balaban J connectivity index is 1.65. The number of aliphatic carboxylic acids is 1. The monoisotopic (exact) mass is 597 g/mol. The van der Waals surface area contributed by atoms with E-state index in [1.807, 2.05) is 32.9 Å². The number of urea groups is 1. The molecule has 1 aliphatic rings. The summed E-state index contributed by atoms with van der Waals surface area (Å²) in [6.07, 6.45) is -0.668. The predicted octanol–water partition coefficient (Wildman–Crippen LogP) is 7.58. The summed E-state index contributed by atoms with van der Waals surface area (Å²) in [7, 11) is 0. The number of benzene rings is 3. The van der Waals surface area contributed by atoms with Gasteiger partial charge in [0.15, 0.2) is 0 Å². The van der Waals surface area contributed by atoms with Crippen molar-refractivity contribution in [2.75, 3.05) is 10.6 Å². The number of carboxylic acids is 1. The molecule has 3 aromatic rings. The average molecular weight is 598 g/mol. The summed E-state index contributed by atoms with van der Waals surface area (Å²) in [4.78, 5) is 38.7. The highest BCUT2D eigenvalue weighted by Gasteiger charge is 2.32. The van der Waals surface area contributed by atoms with Crippen molar-refractivity contribution in [3.63, 3.8) is 0 Å². The standard InChI is InChI=1S/C32H34F3N3O5/c1-18-15-19(2)27(20(3)16-18)38-31(42)36-26-17-23(21-9-12-24(13-10-21)43-32(33,34)35)11-14-25(26)29(39)37-28(30(40)41)22-7-5-4-6-8-22/h9-17,22,28H,4-8H2,1-3H3,(H,37,39)(H,40,41)(H2,36,38,42)/t28-/m0/s1. The zero-order valence-electron chi connectivity index (χ0n) is 24.1. The number of carbonyl (C=O) groups excluding carboxylic acids is 2. The molecule has 1 atom stereocenters. The lowest BCUT2D eigenvalue weighted by Gasteiger charge is -2.28. The van der Waals surface area contributed by atoms with Crippen molar-refractivity contribution in [3.05, 3.63) is 76.9 Å². The quantitative estimate of drug-likeness (QED) is 0.214. The Hall–Kier alpha value is -4.54. The molecule has 4 rings (SSSR count). The minimum atomic E-state index is -4.83. The smallest absolute Gasteiger partial charge is 0.480 e. The molecule has 0 aliphatic heterocycles. The van der Waals surface area contributed by atoms with Gasteiger partial charge in [-0.25, -0.2) is 9.59 Å². The summed E-state index contributed by atoms with van der Waals surface area (Å²) in [5.74, 6) is -2.40. The van der Waals surface area contributed by atoms with Crippen LogP contribution in [-0.4, -0.2) is 35.4 Å². The lowest BCUT2D eigenvalue weighted by Crippen LogP contribution is -2.46. The first kappa shape index (κ1) is 31.4. The number of hydrogen-bond donors (Lipinski definition) is 4. The fourth-order valence-corrected chi connectivity index (χ4v) is 5.59. The SMILES string of the molecule is Cc1cc(C)c(NC(=O)Nc2cc(-c3ccc(OC(F)(F)F)cc3)ccc2C(=O)N[C@H](C(=O)O)C2CCCCC2)c(C)c1. The van der Waals surface area contributed by atoms with Crippen molar-refractivity contribution in [2.24, 2.45) is 5.92 Å². The van der Waals surface area contributed by atoms with Gasteiger partial charge >= 0.3 is 18.4 Å². The Labute approximate surface area is 247 Å². The molecule has 1 saturated carbocycles. The molecule has 11 heteroatoms. The van der Waals surface area contributed by atoms with Crippen LogP contribution in [0.15, 0.2) is 54.6 Å². The van der Waals surface area contributed by atoms with Crippen LogP contribution in [0, 0.1) is 26.7 Å². The molecule has 1 aliphatic carbocycles. The van der Waals surface area contributed by atoms with Gasteiger partial charge in [0.1, 0.15) is 11.8 Å². The number of nitrogens with one attached hydrogen (secondary N) is 3. The number of amides is 3. The van der Waals surface area contributed by atoms with Gasteiger partial charge in [0.2, 0.25) is 0 Å². The molecule has 3 aromatic carbocycles. The number of aryl methyl sites for hydroxylation is 3. The van der Waals surface area contributed by atoms with Crippen LogP contribution in [0.4, 0.5) is 29.3 Å². The zero-order chi connectivity index (χ0) is 31.3. The van der Waals surface area contributed by atoms with Crippen molar-refractivity contribution in [2.45, 2.75) is 65.3 Å². The highest BCUT2D eigenvalue weighted by atomic mass is 19.4. The first-order valence-corrected chi connectivity index (χ1v) is 14.0. The molecule has 0 radical (unpaired) electrons. The van der Waals surface area contributed by atoms with E-state index in [9.17, 15) is 32.7 Å². The normalized spacial score (nSPS) is 14.5. The van der Waals surface area contributed by atoms with Crippen molar-refractivity contribution >= 4 is 29.3 Å². The summed E-state index contributed by atoms with van der Waals surface area (Å²) >= 11 is 0. The van der Waals surface area contributed by atoms with Gasteiger partial charge in [-0.1, -0.05) is 55.2 Å². The highest BCUT2D eigenvalue weighted by Crippen LogP contribution is 2.31. The lowest BCUT2D eigenvalue weighted by atomic mass is 9.83. The Bertz CT molecular complexity index is 1480. The first-order chi connectivity index (χ1) is 20.3. The van der Waals surface area contributed by atoms with E-state index in [0.29, 0.717) is 29.7 Å². The number of carboxylic acid groups (broad SMARTS) is 1. The van der Waals surface area contributed by atoms with E-state index < -0.39 is 36.1 Å². The molecule has 0 unspecified atom stereocenters. The van der Waals surface area contributed by atoms with E-state index in [1.54, 1.807) is 6.07 Å². The van der Waals surface area contributed by atoms with Gasteiger partial charge in [-0.05, 0) is 86.1 Å². The molecule has 0 spiro atoms. The molecular weight excluding hydrogens is 563 g/mol. The molecule has 0 bridgehead atoms. The Morgan fingerprint density at radius 1 is 0.860 bits per heavy atom. The van der Waals surface area contributed by atoms with Crippen molar-refractivity contribution in [1.29, 1.82) is 0 Å². The Kier molecular flexibility index (Phi) is 9.63. The van der Waals surface area contributed by atoms with Crippen LogP contribution in [-0.2, 0) is 4.79 Å². The third-order valence-corrected chi connectivity index (χ3v) is 7.52. The zero-order valence-corrected chi connectivity index (χ0v) is 24.1. The topological polar surface area (TPSA) is 117 Å². The first-order valence-electron chi connectivity index (χ1n) is 14.0. The molecule has 4 N–H and O–H groups in total. The van der Waals surface area contributed by atoms with Gasteiger partial charge in [0.25, 0.3) is 5.91 Å². The van der Waals surface area contributed by atoms with Crippen LogP contribution in [0.3, 0.4) is 0 Å². The molecule has 0 saturated heterocycles. The molecule has 0 aromatic heterocycles. The Morgan fingerprint density at radius 2 is 1.47 bits per heavy atom. The van der Waals surface area contributed by atoms with Crippen LogP contribution in [0.5, 0.6) is 5.75 Å². The molecule has 43 heavy (non-hydrogen) atoms. The molecule has 0 heterocycles. The molecule has 1 fully saturated rings. The molecule has 3 amide bonds. The van der Waals surface area contributed by atoms with Crippen molar-refractivity contribution in [3.8, 4) is 16.9 Å². The summed E-state index contributed by atoms with van der Waals surface area (Å²) in [5, 5.41) is 18.1. The number of halogens is 3. The number of carbonyl (C=O) groups is 3. The maximum absolute atomic E-state index is 13.5. The third-order valence-electron chi connectivity index (χ3n) is 7.52. The van der Waals surface area contributed by atoms with Gasteiger partial charge in [0.05, 0.1) is 11.3 Å². The number of ether oxygens (including phenoxy) is 1. The van der Waals surface area contributed by atoms with E-state index in [0.717, 1.165) is 48.1 Å². The van der Waals surface area contributed by atoms with Gasteiger partial charge in [0, 0.05) is 5.69 Å².